The highest BCUT2D eigenvalue weighted by molar-refractivity contribution is 5.51. The predicted molar refractivity (Wildman–Crippen MR) is 64.4 cm³/mol. The van der Waals surface area contributed by atoms with E-state index in [-0.39, 0.29) is 13.2 Å². The zero-order chi connectivity index (χ0) is 14.3. The lowest BCUT2D eigenvalue weighted by atomic mass is 10.3. The molecule has 0 atom stereocenters. The Labute approximate surface area is 109 Å². The van der Waals surface area contributed by atoms with Gasteiger partial charge in [0.15, 0.2) is 11.5 Å². The third-order valence-corrected chi connectivity index (χ3v) is 2.14. The monoisotopic (exact) mass is 279 g/mol. The highest BCUT2D eigenvalue weighted by Crippen LogP contribution is 2.28. The number of hydrogen-bond donors (Lipinski definition) is 1. The Morgan fingerprint density at radius 2 is 1.89 bits per heavy atom. The first-order chi connectivity index (χ1) is 8.92. The molecular weight excluding hydrogens is 263 g/mol. The van der Waals surface area contributed by atoms with E-state index >= 15 is 0 Å². The van der Waals surface area contributed by atoms with Gasteiger partial charge >= 0.3 is 6.18 Å². The number of halogens is 3. The standard InChI is InChI=1S/C12H16F3NO3/c1-17-11-7-9(16)3-4-10(11)19-6-2-5-18-8-12(13,14)15/h3-4,7H,2,5-6,8,16H2,1H3. The summed E-state index contributed by atoms with van der Waals surface area (Å²) in [7, 11) is 1.48. The Morgan fingerprint density at radius 3 is 2.53 bits per heavy atom. The van der Waals surface area contributed by atoms with Gasteiger partial charge in [0.1, 0.15) is 6.61 Å². The van der Waals surface area contributed by atoms with Crippen molar-refractivity contribution < 1.29 is 27.4 Å². The quantitative estimate of drug-likeness (QED) is 0.616. The van der Waals surface area contributed by atoms with Gasteiger partial charge in [-0.25, -0.2) is 0 Å². The van der Waals surface area contributed by atoms with Crippen molar-refractivity contribution in [3.63, 3.8) is 0 Å². The highest BCUT2D eigenvalue weighted by Gasteiger charge is 2.27. The van der Waals surface area contributed by atoms with Crippen LogP contribution in [0.5, 0.6) is 11.5 Å². The molecule has 0 radical (unpaired) electrons. The average molecular weight is 279 g/mol. The summed E-state index contributed by atoms with van der Waals surface area (Å²) in [5, 5.41) is 0. The molecule has 0 heterocycles. The topological polar surface area (TPSA) is 53.7 Å². The largest absolute Gasteiger partial charge is 0.493 e. The van der Waals surface area contributed by atoms with E-state index in [9.17, 15) is 13.2 Å². The summed E-state index contributed by atoms with van der Waals surface area (Å²) >= 11 is 0. The number of ether oxygens (including phenoxy) is 3. The molecule has 1 aromatic rings. The molecule has 108 valence electrons. The van der Waals surface area contributed by atoms with Crippen LogP contribution in [0.15, 0.2) is 18.2 Å². The maximum Gasteiger partial charge on any atom is 0.411 e. The van der Waals surface area contributed by atoms with Gasteiger partial charge in [0.05, 0.1) is 20.3 Å². The number of methoxy groups -OCH3 is 1. The molecule has 0 aliphatic heterocycles. The molecule has 2 N–H and O–H groups in total. The summed E-state index contributed by atoms with van der Waals surface area (Å²) in [6, 6.07) is 4.90. The Kier molecular flexibility index (Phi) is 5.75. The minimum atomic E-state index is -4.29. The van der Waals surface area contributed by atoms with Crippen LogP contribution in [-0.4, -0.2) is 33.1 Å². The Balaban J connectivity index is 2.26. The van der Waals surface area contributed by atoms with Crippen molar-refractivity contribution in [2.45, 2.75) is 12.6 Å². The van der Waals surface area contributed by atoms with Crippen molar-refractivity contribution in [1.82, 2.24) is 0 Å². The van der Waals surface area contributed by atoms with E-state index < -0.39 is 12.8 Å². The van der Waals surface area contributed by atoms with Crippen molar-refractivity contribution in [1.29, 1.82) is 0 Å². The van der Waals surface area contributed by atoms with Gasteiger partial charge in [-0.15, -0.1) is 0 Å². The third kappa shape index (κ3) is 6.19. The maximum atomic E-state index is 11.8. The normalized spacial score (nSPS) is 11.4. The summed E-state index contributed by atoms with van der Waals surface area (Å²) in [5.41, 5.74) is 6.12. The molecule has 0 aliphatic rings. The number of nitrogens with two attached hydrogens (primary N) is 1. The molecule has 0 spiro atoms. The fourth-order valence-corrected chi connectivity index (χ4v) is 1.33. The second kappa shape index (κ2) is 7.08. The second-order valence-corrected chi connectivity index (χ2v) is 3.78. The van der Waals surface area contributed by atoms with E-state index in [0.29, 0.717) is 23.6 Å². The van der Waals surface area contributed by atoms with Gasteiger partial charge in [-0.3, -0.25) is 0 Å². The number of rotatable bonds is 7. The lowest BCUT2D eigenvalue weighted by Crippen LogP contribution is -2.18. The summed E-state index contributed by atoms with van der Waals surface area (Å²) in [4.78, 5) is 0. The molecular formula is C12H16F3NO3. The van der Waals surface area contributed by atoms with Gasteiger partial charge in [0.2, 0.25) is 0 Å². The molecule has 0 unspecified atom stereocenters. The van der Waals surface area contributed by atoms with Crippen LogP contribution in [0.2, 0.25) is 0 Å². The number of hydrogen-bond acceptors (Lipinski definition) is 4. The summed E-state index contributed by atoms with van der Waals surface area (Å²) < 4.78 is 50.2. The van der Waals surface area contributed by atoms with Crippen molar-refractivity contribution in [2.24, 2.45) is 0 Å². The highest BCUT2D eigenvalue weighted by atomic mass is 19.4. The Hall–Kier alpha value is -1.63. The van der Waals surface area contributed by atoms with Crippen LogP contribution in [0.3, 0.4) is 0 Å². The van der Waals surface area contributed by atoms with E-state index in [0.717, 1.165) is 0 Å². The van der Waals surface area contributed by atoms with Crippen LogP contribution in [-0.2, 0) is 4.74 Å². The number of nitrogen functional groups attached to an aromatic ring is 1. The van der Waals surface area contributed by atoms with Gasteiger partial charge in [0, 0.05) is 18.2 Å². The molecule has 0 saturated heterocycles. The van der Waals surface area contributed by atoms with E-state index in [1.807, 2.05) is 0 Å². The molecule has 0 amide bonds. The summed E-state index contributed by atoms with van der Waals surface area (Å²) in [6.07, 6.45) is -3.94. The third-order valence-electron chi connectivity index (χ3n) is 2.14. The van der Waals surface area contributed by atoms with Crippen LogP contribution >= 0.6 is 0 Å². The van der Waals surface area contributed by atoms with Crippen molar-refractivity contribution in [2.75, 3.05) is 32.7 Å². The zero-order valence-electron chi connectivity index (χ0n) is 10.5. The molecule has 0 bridgehead atoms. The van der Waals surface area contributed by atoms with Gasteiger partial charge < -0.3 is 19.9 Å². The van der Waals surface area contributed by atoms with Crippen LogP contribution < -0.4 is 15.2 Å². The van der Waals surface area contributed by atoms with Gasteiger partial charge in [0.25, 0.3) is 0 Å². The fraction of sp³-hybridized carbons (Fsp3) is 0.500. The van der Waals surface area contributed by atoms with Gasteiger partial charge in [-0.05, 0) is 12.1 Å². The predicted octanol–water partition coefficient (Wildman–Crippen LogP) is 2.63. The summed E-state index contributed by atoms with van der Waals surface area (Å²) in [5.74, 6) is 0.976. The Morgan fingerprint density at radius 1 is 1.16 bits per heavy atom. The molecule has 0 aromatic heterocycles. The second-order valence-electron chi connectivity index (χ2n) is 3.78. The first-order valence-electron chi connectivity index (χ1n) is 5.63. The molecule has 7 heteroatoms. The van der Waals surface area contributed by atoms with Crippen LogP contribution in [0, 0.1) is 0 Å². The van der Waals surface area contributed by atoms with Crippen molar-refractivity contribution in [3.8, 4) is 11.5 Å². The molecule has 1 rings (SSSR count). The first kappa shape index (κ1) is 15.4. The van der Waals surface area contributed by atoms with E-state index in [1.54, 1.807) is 18.2 Å². The minimum Gasteiger partial charge on any atom is -0.493 e. The van der Waals surface area contributed by atoms with Crippen molar-refractivity contribution in [3.05, 3.63) is 18.2 Å². The van der Waals surface area contributed by atoms with Gasteiger partial charge in [-0.1, -0.05) is 0 Å². The van der Waals surface area contributed by atoms with Crippen molar-refractivity contribution >= 4 is 5.69 Å². The molecule has 1 aromatic carbocycles. The minimum absolute atomic E-state index is 0.0171. The lowest BCUT2D eigenvalue weighted by molar-refractivity contribution is -0.174. The van der Waals surface area contributed by atoms with Crippen LogP contribution in [0.1, 0.15) is 6.42 Å². The lowest BCUT2D eigenvalue weighted by Gasteiger charge is -2.11. The molecule has 0 fully saturated rings. The van der Waals surface area contributed by atoms with E-state index in [4.69, 9.17) is 15.2 Å². The number of alkyl halides is 3. The maximum absolute atomic E-state index is 11.8. The van der Waals surface area contributed by atoms with Crippen LogP contribution in [0.4, 0.5) is 18.9 Å². The van der Waals surface area contributed by atoms with E-state index in [2.05, 4.69) is 4.74 Å². The molecule has 4 nitrogen and oxygen atoms in total. The smallest absolute Gasteiger partial charge is 0.411 e. The average Bonchev–Trinajstić information content (AvgIpc) is 2.33. The fourth-order valence-electron chi connectivity index (χ4n) is 1.33. The number of anilines is 1. The molecule has 19 heavy (non-hydrogen) atoms. The SMILES string of the molecule is COc1cc(N)ccc1OCCCOCC(F)(F)F. The van der Waals surface area contributed by atoms with Gasteiger partial charge in [-0.2, -0.15) is 13.2 Å². The van der Waals surface area contributed by atoms with Crippen LogP contribution in [0.25, 0.3) is 0 Å². The molecule has 0 aliphatic carbocycles. The zero-order valence-corrected chi connectivity index (χ0v) is 10.5. The first-order valence-corrected chi connectivity index (χ1v) is 5.63. The number of benzene rings is 1. The van der Waals surface area contributed by atoms with E-state index in [1.165, 1.54) is 7.11 Å². The summed E-state index contributed by atoms with van der Waals surface area (Å²) in [6.45, 7) is -1.02. The molecule has 0 saturated carbocycles. The Bertz CT molecular complexity index is 396.